The van der Waals surface area contributed by atoms with Crippen molar-refractivity contribution in [2.75, 3.05) is 46.5 Å². The fourth-order valence-corrected chi connectivity index (χ4v) is 3.24. The Morgan fingerprint density at radius 3 is 2.50 bits per heavy atom. The Hall–Kier alpha value is -2.14. The topological polar surface area (TPSA) is 33.7 Å². The lowest BCUT2D eigenvalue weighted by Crippen LogP contribution is -2.42. The van der Waals surface area contributed by atoms with E-state index < -0.39 is 0 Å². The summed E-state index contributed by atoms with van der Waals surface area (Å²) in [7, 11) is 1.70. The van der Waals surface area contributed by atoms with E-state index in [0.717, 1.165) is 45.1 Å². The summed E-state index contributed by atoms with van der Waals surface area (Å²) in [5.41, 5.74) is 2.54. The second-order valence-electron chi connectivity index (χ2n) is 6.41. The smallest absolute Gasteiger partial charge is 0.118 e. The molecule has 0 saturated carbocycles. The van der Waals surface area contributed by atoms with Crippen molar-refractivity contribution < 1.29 is 9.47 Å². The Labute approximate surface area is 156 Å². The maximum atomic E-state index is 5.52. The van der Waals surface area contributed by atoms with E-state index in [2.05, 4.69) is 58.8 Å². The Bertz CT molecular complexity index is 664. The molecule has 0 bridgehead atoms. The molecule has 0 aliphatic carbocycles. The largest absolute Gasteiger partial charge is 0.497 e. The van der Waals surface area contributed by atoms with Crippen LogP contribution < -0.4 is 10.1 Å². The standard InChI is InChI=1S/C22H28N2O2/c1-25-21-11-9-20(10-12-21)22(24-14-16-26-17-15-24)18-23-13-5-8-19-6-3-2-4-7-19/h2-12,22-23H,13-18H2,1H3/b8-5+. The third-order valence-corrected chi connectivity index (χ3v) is 4.70. The molecular weight excluding hydrogens is 324 g/mol. The van der Waals surface area contributed by atoms with Gasteiger partial charge in [0.1, 0.15) is 5.75 Å². The van der Waals surface area contributed by atoms with E-state index in [9.17, 15) is 0 Å². The second-order valence-corrected chi connectivity index (χ2v) is 6.41. The van der Waals surface area contributed by atoms with Gasteiger partial charge in [0.2, 0.25) is 0 Å². The van der Waals surface area contributed by atoms with Gasteiger partial charge in [0.25, 0.3) is 0 Å². The number of rotatable bonds is 8. The maximum Gasteiger partial charge on any atom is 0.118 e. The van der Waals surface area contributed by atoms with Crippen LogP contribution in [0.15, 0.2) is 60.7 Å². The predicted molar refractivity (Wildman–Crippen MR) is 106 cm³/mol. The zero-order chi connectivity index (χ0) is 18.0. The molecule has 26 heavy (non-hydrogen) atoms. The van der Waals surface area contributed by atoms with E-state index in [0.29, 0.717) is 6.04 Å². The number of hydrogen-bond acceptors (Lipinski definition) is 4. The monoisotopic (exact) mass is 352 g/mol. The van der Waals surface area contributed by atoms with Crippen LogP contribution in [0.2, 0.25) is 0 Å². The SMILES string of the molecule is COc1ccc(C(CNC/C=C/c2ccccc2)N2CCOCC2)cc1. The maximum absolute atomic E-state index is 5.52. The highest BCUT2D eigenvalue weighted by atomic mass is 16.5. The molecule has 0 radical (unpaired) electrons. The number of nitrogens with zero attached hydrogens (tertiary/aromatic N) is 1. The van der Waals surface area contributed by atoms with E-state index in [4.69, 9.17) is 9.47 Å². The van der Waals surface area contributed by atoms with Crippen molar-refractivity contribution in [3.05, 3.63) is 71.8 Å². The third kappa shape index (κ3) is 5.43. The van der Waals surface area contributed by atoms with Gasteiger partial charge in [0.05, 0.1) is 20.3 Å². The Morgan fingerprint density at radius 2 is 1.81 bits per heavy atom. The van der Waals surface area contributed by atoms with Gasteiger partial charge >= 0.3 is 0 Å². The molecule has 1 saturated heterocycles. The minimum absolute atomic E-state index is 0.343. The molecule has 1 unspecified atom stereocenters. The van der Waals surface area contributed by atoms with Crippen LogP contribution in [-0.4, -0.2) is 51.4 Å². The summed E-state index contributed by atoms with van der Waals surface area (Å²) in [5.74, 6) is 0.897. The van der Waals surface area contributed by atoms with Gasteiger partial charge in [-0.1, -0.05) is 54.6 Å². The van der Waals surface area contributed by atoms with Crippen molar-refractivity contribution in [1.29, 1.82) is 0 Å². The summed E-state index contributed by atoms with van der Waals surface area (Å²) in [6, 6.07) is 19.1. The summed E-state index contributed by atoms with van der Waals surface area (Å²) in [5, 5.41) is 3.58. The Morgan fingerprint density at radius 1 is 1.08 bits per heavy atom. The van der Waals surface area contributed by atoms with Crippen LogP contribution in [-0.2, 0) is 4.74 Å². The molecule has 1 heterocycles. The number of methoxy groups -OCH3 is 1. The van der Waals surface area contributed by atoms with Crippen LogP contribution in [0.5, 0.6) is 5.75 Å². The molecule has 1 aliphatic rings. The number of nitrogens with one attached hydrogen (secondary N) is 1. The fourth-order valence-electron chi connectivity index (χ4n) is 3.24. The molecule has 0 amide bonds. The number of hydrogen-bond donors (Lipinski definition) is 1. The van der Waals surface area contributed by atoms with Crippen LogP contribution in [0.4, 0.5) is 0 Å². The Kier molecular flexibility index (Phi) is 7.25. The summed E-state index contributed by atoms with van der Waals surface area (Å²) >= 11 is 0. The van der Waals surface area contributed by atoms with Gasteiger partial charge in [0, 0.05) is 32.2 Å². The first-order valence-corrected chi connectivity index (χ1v) is 9.25. The van der Waals surface area contributed by atoms with Crippen molar-refractivity contribution in [1.82, 2.24) is 10.2 Å². The van der Waals surface area contributed by atoms with Gasteiger partial charge in [-0.2, -0.15) is 0 Å². The number of morpholine rings is 1. The lowest BCUT2D eigenvalue weighted by molar-refractivity contribution is 0.0163. The molecule has 1 atom stereocenters. The molecule has 2 aromatic carbocycles. The molecule has 3 rings (SSSR count). The molecule has 0 spiro atoms. The van der Waals surface area contributed by atoms with Crippen molar-refractivity contribution in [2.24, 2.45) is 0 Å². The minimum Gasteiger partial charge on any atom is -0.497 e. The molecular formula is C22H28N2O2. The fraction of sp³-hybridized carbons (Fsp3) is 0.364. The van der Waals surface area contributed by atoms with Crippen molar-refractivity contribution in [2.45, 2.75) is 6.04 Å². The van der Waals surface area contributed by atoms with E-state index in [-0.39, 0.29) is 0 Å². The highest BCUT2D eigenvalue weighted by Crippen LogP contribution is 2.23. The second kappa shape index (κ2) is 10.1. The molecule has 1 fully saturated rings. The lowest BCUT2D eigenvalue weighted by Gasteiger charge is -2.35. The molecule has 2 aromatic rings. The summed E-state index contributed by atoms with van der Waals surface area (Å²) in [6.07, 6.45) is 4.34. The molecule has 1 aliphatic heterocycles. The molecule has 1 N–H and O–H groups in total. The zero-order valence-electron chi connectivity index (χ0n) is 15.4. The van der Waals surface area contributed by atoms with Crippen LogP contribution in [0.1, 0.15) is 17.2 Å². The van der Waals surface area contributed by atoms with Gasteiger partial charge < -0.3 is 14.8 Å². The normalized spacial score (nSPS) is 16.7. The summed E-state index contributed by atoms with van der Waals surface area (Å²) < 4.78 is 10.8. The van der Waals surface area contributed by atoms with E-state index in [1.807, 2.05) is 18.2 Å². The third-order valence-electron chi connectivity index (χ3n) is 4.70. The van der Waals surface area contributed by atoms with Gasteiger partial charge in [-0.05, 0) is 23.3 Å². The first-order chi connectivity index (χ1) is 12.9. The van der Waals surface area contributed by atoms with Crippen molar-refractivity contribution in [3.8, 4) is 5.75 Å². The van der Waals surface area contributed by atoms with E-state index >= 15 is 0 Å². The first-order valence-electron chi connectivity index (χ1n) is 9.25. The van der Waals surface area contributed by atoms with Gasteiger partial charge in [-0.15, -0.1) is 0 Å². The summed E-state index contributed by atoms with van der Waals surface area (Å²) in [4.78, 5) is 2.50. The first kappa shape index (κ1) is 18.6. The zero-order valence-corrected chi connectivity index (χ0v) is 15.4. The lowest BCUT2D eigenvalue weighted by atomic mass is 10.0. The number of benzene rings is 2. The number of ether oxygens (including phenoxy) is 2. The van der Waals surface area contributed by atoms with Gasteiger partial charge in [-0.3, -0.25) is 4.90 Å². The molecule has 138 valence electrons. The van der Waals surface area contributed by atoms with E-state index in [1.165, 1.54) is 11.1 Å². The minimum atomic E-state index is 0.343. The molecule has 4 heteroatoms. The Balaban J connectivity index is 1.58. The highest BCUT2D eigenvalue weighted by molar-refractivity contribution is 5.48. The van der Waals surface area contributed by atoms with Gasteiger partial charge in [-0.25, -0.2) is 0 Å². The molecule has 4 nitrogen and oxygen atoms in total. The van der Waals surface area contributed by atoms with Crippen LogP contribution >= 0.6 is 0 Å². The predicted octanol–water partition coefficient (Wildman–Crippen LogP) is 3.37. The van der Waals surface area contributed by atoms with Crippen molar-refractivity contribution in [3.63, 3.8) is 0 Å². The average Bonchev–Trinajstić information content (AvgIpc) is 2.72. The van der Waals surface area contributed by atoms with E-state index in [1.54, 1.807) is 7.11 Å². The van der Waals surface area contributed by atoms with Crippen LogP contribution in [0.25, 0.3) is 6.08 Å². The quantitative estimate of drug-likeness (QED) is 0.739. The van der Waals surface area contributed by atoms with Crippen LogP contribution in [0, 0.1) is 0 Å². The highest BCUT2D eigenvalue weighted by Gasteiger charge is 2.22. The van der Waals surface area contributed by atoms with Crippen LogP contribution in [0.3, 0.4) is 0 Å². The average molecular weight is 352 g/mol. The van der Waals surface area contributed by atoms with Crippen molar-refractivity contribution >= 4 is 6.08 Å². The summed E-state index contributed by atoms with van der Waals surface area (Å²) in [6.45, 7) is 5.31. The molecule has 0 aromatic heterocycles. The van der Waals surface area contributed by atoms with Gasteiger partial charge in [0.15, 0.2) is 0 Å².